The van der Waals surface area contributed by atoms with Crippen LogP contribution in [0.4, 0.5) is 0 Å². The van der Waals surface area contributed by atoms with Crippen LogP contribution in [0.2, 0.25) is 0 Å². The van der Waals surface area contributed by atoms with Crippen molar-refractivity contribution in [3.05, 3.63) is 83.9 Å². The first kappa shape index (κ1) is 26.3. The van der Waals surface area contributed by atoms with E-state index in [9.17, 15) is 9.59 Å². The lowest BCUT2D eigenvalue weighted by molar-refractivity contribution is -0.137. The largest absolute Gasteiger partial charge is 0.496 e. The normalized spacial score (nSPS) is 13.5. The highest BCUT2D eigenvalue weighted by molar-refractivity contribution is 6.14. The smallest absolute Gasteiger partial charge is 0.303 e. The van der Waals surface area contributed by atoms with Crippen LogP contribution in [-0.4, -0.2) is 49.5 Å². The number of amides is 1. The van der Waals surface area contributed by atoms with Gasteiger partial charge in [0.1, 0.15) is 19.3 Å². The molecule has 1 fully saturated rings. The second kappa shape index (κ2) is 12.5. The molecular weight excluding hydrogens is 465 g/mol. The molecule has 0 heterocycles. The molecule has 0 aromatic heterocycles. The molecule has 0 radical (unpaired) electrons. The summed E-state index contributed by atoms with van der Waals surface area (Å²) in [6.07, 6.45) is 4.44. The monoisotopic (exact) mass is 499 g/mol. The molecule has 37 heavy (non-hydrogen) atoms. The van der Waals surface area contributed by atoms with Crippen molar-refractivity contribution < 1.29 is 24.2 Å². The van der Waals surface area contributed by atoms with Gasteiger partial charge in [0.25, 0.3) is 5.91 Å². The van der Waals surface area contributed by atoms with E-state index in [1.165, 1.54) is 0 Å². The van der Waals surface area contributed by atoms with Crippen LogP contribution in [0.15, 0.2) is 72.8 Å². The van der Waals surface area contributed by atoms with E-state index in [0.717, 1.165) is 53.9 Å². The van der Waals surface area contributed by atoms with Crippen LogP contribution in [0.5, 0.6) is 11.5 Å². The van der Waals surface area contributed by atoms with Crippen molar-refractivity contribution >= 4 is 19.7 Å². The number of rotatable bonds is 13. The molecule has 3 aromatic carbocycles. The lowest BCUT2D eigenvalue weighted by Crippen LogP contribution is -2.37. The number of carboxylic acid groups (broad SMARTS) is 1. The summed E-state index contributed by atoms with van der Waals surface area (Å²) in [6.45, 7) is 0.519. The standard InChI is InChI=1S/C30H34BNO5/c1-36-26-11-6-4-9-24(26)21-14-16-22(17-15-21)30(35)32(23-18-19-23)29(31)25-10-5-7-12-27(25)37-20-8-2-3-13-28(33)34/h4-7,9-12,14-17,23,29H,2-3,8,13,18-20,31H2,1H3,(H,33,34). The third-order valence-corrected chi connectivity index (χ3v) is 6.80. The number of hydrogen-bond donors (Lipinski definition) is 1. The Labute approximate surface area is 219 Å². The van der Waals surface area contributed by atoms with Crippen molar-refractivity contribution in [3.63, 3.8) is 0 Å². The molecule has 1 N–H and O–H groups in total. The number of carbonyl (C=O) groups is 2. The minimum atomic E-state index is -0.764. The Balaban J connectivity index is 1.47. The number of hydrogen-bond acceptors (Lipinski definition) is 4. The van der Waals surface area contributed by atoms with Gasteiger partial charge in [-0.15, -0.1) is 0 Å². The van der Waals surface area contributed by atoms with E-state index in [-0.39, 0.29) is 24.3 Å². The molecule has 4 rings (SSSR count). The van der Waals surface area contributed by atoms with E-state index < -0.39 is 5.97 Å². The predicted molar refractivity (Wildman–Crippen MR) is 147 cm³/mol. The molecule has 1 amide bonds. The zero-order valence-electron chi connectivity index (χ0n) is 21.6. The van der Waals surface area contributed by atoms with Gasteiger partial charge in [-0.1, -0.05) is 48.5 Å². The number of methoxy groups -OCH3 is 1. The molecule has 0 aliphatic heterocycles. The second-order valence-corrected chi connectivity index (χ2v) is 9.49. The highest BCUT2D eigenvalue weighted by Crippen LogP contribution is 2.38. The summed E-state index contributed by atoms with van der Waals surface area (Å²) in [6, 6.07) is 23.7. The number of ether oxygens (including phenoxy) is 2. The highest BCUT2D eigenvalue weighted by atomic mass is 16.5. The average Bonchev–Trinajstić information content (AvgIpc) is 3.76. The highest BCUT2D eigenvalue weighted by Gasteiger charge is 2.37. The number of benzene rings is 3. The first-order valence-corrected chi connectivity index (χ1v) is 13.0. The number of unbranched alkanes of at least 4 members (excludes halogenated alkanes) is 2. The van der Waals surface area contributed by atoms with Crippen LogP contribution in [-0.2, 0) is 4.79 Å². The van der Waals surface area contributed by atoms with Crippen molar-refractivity contribution in [2.75, 3.05) is 13.7 Å². The molecule has 7 heteroatoms. The summed E-state index contributed by atoms with van der Waals surface area (Å²) >= 11 is 0. The van der Waals surface area contributed by atoms with Crippen molar-refractivity contribution in [1.29, 1.82) is 0 Å². The molecule has 6 nitrogen and oxygen atoms in total. The van der Waals surface area contributed by atoms with E-state index in [1.807, 2.05) is 77.7 Å². The van der Waals surface area contributed by atoms with Crippen LogP contribution in [0.3, 0.4) is 0 Å². The van der Waals surface area contributed by atoms with E-state index in [0.29, 0.717) is 18.6 Å². The van der Waals surface area contributed by atoms with Crippen LogP contribution < -0.4 is 9.47 Å². The van der Waals surface area contributed by atoms with Gasteiger partial charge in [-0.3, -0.25) is 9.59 Å². The molecule has 1 aliphatic carbocycles. The maximum Gasteiger partial charge on any atom is 0.303 e. The summed E-state index contributed by atoms with van der Waals surface area (Å²) < 4.78 is 11.6. The third kappa shape index (κ3) is 6.73. The number of para-hydroxylation sites is 2. The van der Waals surface area contributed by atoms with Crippen molar-refractivity contribution in [2.24, 2.45) is 0 Å². The minimum Gasteiger partial charge on any atom is -0.496 e. The van der Waals surface area contributed by atoms with E-state index in [4.69, 9.17) is 14.6 Å². The number of aliphatic carboxylic acids is 1. The summed E-state index contributed by atoms with van der Waals surface area (Å²) in [4.78, 5) is 26.4. The Hall–Kier alpha value is -3.74. The van der Waals surface area contributed by atoms with Crippen molar-refractivity contribution in [2.45, 2.75) is 50.5 Å². The summed E-state index contributed by atoms with van der Waals surface area (Å²) in [7, 11) is 3.72. The van der Waals surface area contributed by atoms with Gasteiger partial charge < -0.3 is 19.5 Å². The van der Waals surface area contributed by atoms with Gasteiger partial charge in [-0.2, -0.15) is 0 Å². The first-order chi connectivity index (χ1) is 18.0. The Morgan fingerprint density at radius 2 is 1.62 bits per heavy atom. The Bertz CT molecular complexity index is 1210. The van der Waals surface area contributed by atoms with Crippen LogP contribution in [0.25, 0.3) is 11.1 Å². The third-order valence-electron chi connectivity index (χ3n) is 6.80. The van der Waals surface area contributed by atoms with Gasteiger partial charge in [-0.05, 0) is 61.9 Å². The molecule has 192 valence electrons. The predicted octanol–water partition coefficient (Wildman–Crippen LogP) is 5.32. The van der Waals surface area contributed by atoms with Crippen LogP contribution in [0, 0.1) is 0 Å². The number of carbonyl (C=O) groups excluding carboxylic acids is 1. The number of nitrogens with zero attached hydrogens (tertiary/aromatic N) is 1. The van der Waals surface area contributed by atoms with Crippen LogP contribution in [0.1, 0.15) is 60.4 Å². The molecule has 1 atom stereocenters. The Kier molecular flexibility index (Phi) is 8.88. The SMILES string of the molecule is BC(c1ccccc1OCCCCCC(=O)O)N(C(=O)c1ccc(-c2ccccc2OC)cc1)C1CC1. The molecule has 1 saturated carbocycles. The fourth-order valence-corrected chi connectivity index (χ4v) is 4.68. The van der Waals surface area contributed by atoms with Gasteiger partial charge in [0.15, 0.2) is 0 Å². The maximum atomic E-state index is 13.7. The lowest BCUT2D eigenvalue weighted by Gasteiger charge is -2.31. The fraction of sp³-hybridized carbons (Fsp3) is 0.333. The maximum absolute atomic E-state index is 13.7. The summed E-state index contributed by atoms with van der Waals surface area (Å²) in [5.74, 6) is 0.688. The molecule has 0 saturated heterocycles. The fourth-order valence-electron chi connectivity index (χ4n) is 4.68. The first-order valence-electron chi connectivity index (χ1n) is 13.0. The number of carboxylic acids is 1. The quantitative estimate of drug-likeness (QED) is 0.254. The Morgan fingerprint density at radius 1 is 0.946 bits per heavy atom. The molecular formula is C30H34BNO5. The average molecular weight is 499 g/mol. The van der Waals surface area contributed by atoms with Crippen molar-refractivity contribution in [1.82, 2.24) is 4.90 Å². The molecule has 0 spiro atoms. The zero-order valence-corrected chi connectivity index (χ0v) is 21.6. The lowest BCUT2D eigenvalue weighted by atomic mass is 9.86. The molecule has 1 aliphatic rings. The van der Waals surface area contributed by atoms with Gasteiger partial charge in [0.2, 0.25) is 0 Å². The van der Waals surface area contributed by atoms with Gasteiger partial charge >= 0.3 is 5.97 Å². The zero-order chi connectivity index (χ0) is 26.2. The summed E-state index contributed by atoms with van der Waals surface area (Å²) in [5.41, 5.74) is 3.64. The Morgan fingerprint density at radius 3 is 2.30 bits per heavy atom. The molecule has 1 unspecified atom stereocenters. The van der Waals surface area contributed by atoms with Crippen molar-refractivity contribution in [3.8, 4) is 22.6 Å². The van der Waals surface area contributed by atoms with E-state index in [2.05, 4.69) is 7.85 Å². The van der Waals surface area contributed by atoms with E-state index >= 15 is 0 Å². The second-order valence-electron chi connectivity index (χ2n) is 9.49. The van der Waals surface area contributed by atoms with Gasteiger partial charge in [0.05, 0.1) is 13.7 Å². The molecule has 3 aromatic rings. The molecule has 0 bridgehead atoms. The van der Waals surface area contributed by atoms with Gasteiger partial charge in [0, 0.05) is 35.1 Å². The topological polar surface area (TPSA) is 76.1 Å². The summed E-state index contributed by atoms with van der Waals surface area (Å²) in [5, 5.41) is 8.79. The minimum absolute atomic E-state index is 0.0186. The van der Waals surface area contributed by atoms with Gasteiger partial charge in [-0.25, -0.2) is 0 Å². The van der Waals surface area contributed by atoms with E-state index in [1.54, 1.807) is 7.11 Å². The van der Waals surface area contributed by atoms with Crippen LogP contribution >= 0.6 is 0 Å².